The Labute approximate surface area is 173 Å². The van der Waals surface area contributed by atoms with Crippen LogP contribution in [0.1, 0.15) is 12.0 Å². The molecule has 158 valence electrons. The van der Waals surface area contributed by atoms with Crippen molar-refractivity contribution in [2.24, 2.45) is 0 Å². The second-order valence-electron chi connectivity index (χ2n) is 6.60. The zero-order valence-electron chi connectivity index (χ0n) is 15.4. The van der Waals surface area contributed by atoms with Gasteiger partial charge >= 0.3 is 10.1 Å². The van der Waals surface area contributed by atoms with Crippen molar-refractivity contribution in [2.45, 2.75) is 17.1 Å². The van der Waals surface area contributed by atoms with Gasteiger partial charge in [0, 0.05) is 28.9 Å². The van der Waals surface area contributed by atoms with Crippen molar-refractivity contribution < 1.29 is 30.7 Å². The molecule has 30 heavy (non-hydrogen) atoms. The summed E-state index contributed by atoms with van der Waals surface area (Å²) in [5.41, 5.74) is 12.7. The lowest BCUT2D eigenvalue weighted by molar-refractivity contribution is 0.174. The van der Waals surface area contributed by atoms with Crippen LogP contribution in [0.3, 0.4) is 0 Å². The third kappa shape index (κ3) is 4.92. The zero-order valence-corrected chi connectivity index (χ0v) is 17.0. The van der Waals surface area contributed by atoms with E-state index >= 15 is 0 Å². The van der Waals surface area contributed by atoms with Gasteiger partial charge in [-0.15, -0.1) is 0 Å². The molecule has 6 N–H and O–H groups in total. The molecule has 0 saturated heterocycles. The lowest BCUT2D eigenvalue weighted by Crippen LogP contribution is -2.42. The summed E-state index contributed by atoms with van der Waals surface area (Å²) in [6.07, 6.45) is 0.478. The van der Waals surface area contributed by atoms with Crippen molar-refractivity contribution in [1.82, 2.24) is 0 Å². The Morgan fingerprint density at radius 3 is 2.27 bits per heavy atom. The highest BCUT2D eigenvalue weighted by Gasteiger charge is 2.44. The summed E-state index contributed by atoms with van der Waals surface area (Å²) in [5.74, 6) is 5.57. The SMILES string of the molecule is Nc1cccc(-c2ccc(N)cc2C#CC2=CO[C@H](S(=O)(=O)O)[C@H](S(=O)(=O)O)C2)c1. The number of nitrogens with two attached hydrogens (primary N) is 2. The van der Waals surface area contributed by atoms with Gasteiger partial charge in [-0.1, -0.05) is 30.0 Å². The van der Waals surface area contributed by atoms with Crippen LogP contribution in [-0.2, 0) is 25.0 Å². The molecule has 0 unspecified atom stereocenters. The van der Waals surface area contributed by atoms with Gasteiger partial charge in [0.1, 0.15) is 5.25 Å². The molecule has 3 rings (SSSR count). The third-order valence-electron chi connectivity index (χ3n) is 4.34. The summed E-state index contributed by atoms with van der Waals surface area (Å²) < 4.78 is 69.2. The number of allylic oxidation sites excluding steroid dienone is 1. The molecule has 0 radical (unpaired) electrons. The van der Waals surface area contributed by atoms with E-state index in [1.165, 1.54) is 0 Å². The Kier molecular flexibility index (Phi) is 5.78. The molecule has 0 bridgehead atoms. The van der Waals surface area contributed by atoms with Crippen molar-refractivity contribution in [1.29, 1.82) is 0 Å². The van der Waals surface area contributed by atoms with E-state index in [2.05, 4.69) is 11.8 Å². The third-order valence-corrected chi connectivity index (χ3v) is 6.72. The van der Waals surface area contributed by atoms with Gasteiger partial charge in [-0.3, -0.25) is 9.11 Å². The molecular formula is C19H18N2O7S2. The lowest BCUT2D eigenvalue weighted by atomic mass is 9.98. The number of nitrogen functional groups attached to an aromatic ring is 2. The second kappa shape index (κ2) is 8.00. The molecule has 0 fully saturated rings. The summed E-state index contributed by atoms with van der Waals surface area (Å²) in [5, 5.41) is -1.92. The van der Waals surface area contributed by atoms with Crippen LogP contribution in [-0.4, -0.2) is 36.6 Å². The van der Waals surface area contributed by atoms with Gasteiger partial charge < -0.3 is 16.2 Å². The first kappa shape index (κ1) is 21.7. The first-order valence-corrected chi connectivity index (χ1v) is 11.5. The number of hydrogen-bond acceptors (Lipinski definition) is 7. The summed E-state index contributed by atoms with van der Waals surface area (Å²) in [7, 11) is -9.73. The van der Waals surface area contributed by atoms with Crippen molar-refractivity contribution in [3.8, 4) is 23.0 Å². The minimum atomic E-state index is -4.88. The number of benzene rings is 2. The van der Waals surface area contributed by atoms with Gasteiger partial charge in [0.2, 0.25) is 5.44 Å². The van der Waals surface area contributed by atoms with Gasteiger partial charge in [0.05, 0.1) is 6.26 Å². The summed E-state index contributed by atoms with van der Waals surface area (Å²) in [6.45, 7) is 0. The van der Waals surface area contributed by atoms with Crippen LogP contribution in [0.15, 0.2) is 54.3 Å². The van der Waals surface area contributed by atoms with Crippen LogP contribution in [0.2, 0.25) is 0 Å². The smallest absolute Gasteiger partial charge is 0.304 e. The molecule has 11 heteroatoms. The van der Waals surface area contributed by atoms with Crippen LogP contribution < -0.4 is 11.5 Å². The molecule has 0 saturated carbocycles. The van der Waals surface area contributed by atoms with Crippen molar-refractivity contribution >= 4 is 31.6 Å². The Balaban J connectivity index is 2.00. The van der Waals surface area contributed by atoms with Crippen molar-refractivity contribution in [3.05, 3.63) is 59.9 Å². The fraction of sp³-hybridized carbons (Fsp3) is 0.158. The molecule has 0 aliphatic carbocycles. The van der Waals surface area contributed by atoms with Gasteiger partial charge in [-0.05, 0) is 35.4 Å². The number of ether oxygens (including phenoxy) is 1. The molecule has 0 amide bonds. The van der Waals surface area contributed by atoms with E-state index < -0.39 is 37.3 Å². The largest absolute Gasteiger partial charge is 0.477 e. The number of hydrogen-bond donors (Lipinski definition) is 4. The maximum absolute atomic E-state index is 11.6. The second-order valence-corrected chi connectivity index (χ2v) is 9.73. The van der Waals surface area contributed by atoms with Gasteiger partial charge in [0.15, 0.2) is 0 Å². The summed E-state index contributed by atoms with van der Waals surface area (Å²) in [4.78, 5) is 0. The van der Waals surface area contributed by atoms with Crippen LogP contribution in [0, 0.1) is 11.8 Å². The molecule has 9 nitrogen and oxygen atoms in total. The van der Waals surface area contributed by atoms with Crippen LogP contribution >= 0.6 is 0 Å². The molecule has 2 aromatic carbocycles. The summed E-state index contributed by atoms with van der Waals surface area (Å²) in [6, 6.07) is 12.2. The van der Waals surface area contributed by atoms with Crippen molar-refractivity contribution in [3.63, 3.8) is 0 Å². The highest BCUT2D eigenvalue weighted by atomic mass is 32.2. The highest BCUT2D eigenvalue weighted by Crippen LogP contribution is 2.28. The zero-order chi connectivity index (χ0) is 22.1. The minimum absolute atomic E-state index is 0.110. The molecule has 0 aromatic heterocycles. The predicted octanol–water partition coefficient (Wildman–Crippen LogP) is 1.64. The van der Waals surface area contributed by atoms with Gasteiger partial charge in [-0.25, -0.2) is 0 Å². The lowest BCUT2D eigenvalue weighted by Gasteiger charge is -2.25. The van der Waals surface area contributed by atoms with E-state index in [9.17, 15) is 21.4 Å². The molecule has 2 aromatic rings. The topological polar surface area (TPSA) is 170 Å². The van der Waals surface area contributed by atoms with Gasteiger partial charge in [0.25, 0.3) is 10.1 Å². The standard InChI is InChI=1S/C19H18N2O7S2/c20-15-3-1-2-13(9-15)17-7-6-16(21)10-14(17)5-4-12-8-18(29(22,23)24)19(28-11-12)30(25,26)27/h1-3,6-7,9-11,18-19H,8,20-21H2,(H,22,23,24)(H,25,26,27)/t18-,19-/m1/s1. The molecular weight excluding hydrogens is 432 g/mol. The van der Waals surface area contributed by atoms with Crippen molar-refractivity contribution in [2.75, 3.05) is 11.5 Å². The van der Waals surface area contributed by atoms with E-state index in [-0.39, 0.29) is 5.57 Å². The Morgan fingerprint density at radius 1 is 0.933 bits per heavy atom. The summed E-state index contributed by atoms with van der Waals surface area (Å²) >= 11 is 0. The number of rotatable bonds is 3. The maximum Gasteiger partial charge on any atom is 0.304 e. The maximum atomic E-state index is 11.6. The Bertz CT molecular complexity index is 1290. The van der Waals surface area contributed by atoms with Crippen LogP contribution in [0.5, 0.6) is 0 Å². The average molecular weight is 450 g/mol. The van der Waals surface area contributed by atoms with Gasteiger partial charge in [-0.2, -0.15) is 16.8 Å². The average Bonchev–Trinajstić information content (AvgIpc) is 2.65. The predicted molar refractivity (Wildman–Crippen MR) is 112 cm³/mol. The van der Waals surface area contributed by atoms with Crippen LogP contribution in [0.4, 0.5) is 11.4 Å². The monoisotopic (exact) mass is 450 g/mol. The van der Waals surface area contributed by atoms with E-state index in [1.807, 2.05) is 6.07 Å². The number of anilines is 2. The molecule has 1 aliphatic rings. The fourth-order valence-electron chi connectivity index (χ4n) is 2.96. The Morgan fingerprint density at radius 2 is 1.63 bits per heavy atom. The highest BCUT2D eigenvalue weighted by molar-refractivity contribution is 7.90. The quantitative estimate of drug-likeness (QED) is 0.308. The minimum Gasteiger partial charge on any atom is -0.477 e. The fourth-order valence-corrected chi connectivity index (χ4v) is 5.21. The molecule has 0 spiro atoms. The van der Waals surface area contributed by atoms with E-state index in [0.29, 0.717) is 16.9 Å². The van der Waals surface area contributed by atoms with Crippen LogP contribution in [0.25, 0.3) is 11.1 Å². The molecule has 1 aliphatic heterocycles. The normalized spacial score (nSPS) is 19.2. The first-order chi connectivity index (χ1) is 13.9. The Hall–Kier alpha value is -3.04. The molecule has 2 atom stereocenters. The first-order valence-electron chi connectivity index (χ1n) is 8.50. The van der Waals surface area contributed by atoms with E-state index in [1.54, 1.807) is 36.4 Å². The van der Waals surface area contributed by atoms with E-state index in [0.717, 1.165) is 17.4 Å². The molecule has 1 heterocycles. The van der Waals surface area contributed by atoms with E-state index in [4.69, 9.17) is 20.8 Å².